The van der Waals surface area contributed by atoms with Crippen molar-refractivity contribution in [3.05, 3.63) is 0 Å². The Balaban J connectivity index is 2.20. The first-order chi connectivity index (χ1) is 6.65. The first kappa shape index (κ1) is 9.73. The number of aliphatic hydroxyl groups excluding tert-OH is 1. The van der Waals surface area contributed by atoms with Crippen LogP contribution in [0.2, 0.25) is 0 Å². The molecule has 2 fully saturated rings. The molecule has 5 heteroatoms. The fourth-order valence-electron chi connectivity index (χ4n) is 2.31. The van der Waals surface area contributed by atoms with Gasteiger partial charge in [-0.25, -0.2) is 4.79 Å². The van der Waals surface area contributed by atoms with Crippen molar-refractivity contribution in [1.82, 2.24) is 4.90 Å². The molecule has 1 amide bonds. The van der Waals surface area contributed by atoms with Crippen molar-refractivity contribution in [2.75, 3.05) is 14.2 Å². The molecule has 0 bridgehead atoms. The quantitative estimate of drug-likeness (QED) is 0.647. The van der Waals surface area contributed by atoms with E-state index in [9.17, 15) is 9.90 Å². The van der Waals surface area contributed by atoms with Crippen molar-refractivity contribution in [3.63, 3.8) is 0 Å². The summed E-state index contributed by atoms with van der Waals surface area (Å²) >= 11 is 0. The summed E-state index contributed by atoms with van der Waals surface area (Å²) in [7, 11) is 3.30. The fourth-order valence-corrected chi connectivity index (χ4v) is 2.31. The van der Waals surface area contributed by atoms with E-state index in [0.29, 0.717) is 6.42 Å². The van der Waals surface area contributed by atoms with Gasteiger partial charge in [-0.3, -0.25) is 0 Å². The van der Waals surface area contributed by atoms with Crippen LogP contribution in [-0.2, 0) is 9.47 Å². The maximum atomic E-state index is 11.3. The van der Waals surface area contributed by atoms with Crippen LogP contribution in [-0.4, -0.2) is 54.6 Å². The number of ether oxygens (including phenoxy) is 2. The van der Waals surface area contributed by atoms with E-state index in [4.69, 9.17) is 9.47 Å². The number of fused-ring (bicyclic) bond motifs is 1. The SMILES string of the molecule is CO[C@@H]1CC[C@H](O)[C@@H]2OC(=O)N(C)[C@@H]21. The lowest BCUT2D eigenvalue weighted by atomic mass is 9.87. The molecule has 1 N–H and O–H groups in total. The van der Waals surface area contributed by atoms with Gasteiger partial charge in [0.1, 0.15) is 6.04 Å². The summed E-state index contributed by atoms with van der Waals surface area (Å²) in [6.07, 6.45) is 0.00926. The molecule has 0 spiro atoms. The number of likely N-dealkylation sites (N-methyl/N-ethyl adjacent to an activating group) is 1. The lowest BCUT2D eigenvalue weighted by molar-refractivity contribution is -0.0679. The van der Waals surface area contributed by atoms with Crippen LogP contribution in [0.15, 0.2) is 0 Å². The molecule has 80 valence electrons. The zero-order valence-corrected chi connectivity index (χ0v) is 8.34. The summed E-state index contributed by atoms with van der Waals surface area (Å²) < 4.78 is 10.4. The second-order valence-corrected chi connectivity index (χ2v) is 3.87. The fraction of sp³-hybridized carbons (Fsp3) is 0.889. The number of carbonyl (C=O) groups excluding carboxylic acids is 1. The molecular formula is C9H15NO4. The molecule has 0 radical (unpaired) electrons. The van der Waals surface area contributed by atoms with Gasteiger partial charge in [0.25, 0.3) is 0 Å². The Morgan fingerprint density at radius 1 is 1.57 bits per heavy atom. The van der Waals surface area contributed by atoms with Gasteiger partial charge in [-0.1, -0.05) is 0 Å². The largest absolute Gasteiger partial charge is 0.441 e. The first-order valence-electron chi connectivity index (χ1n) is 4.79. The van der Waals surface area contributed by atoms with Crippen molar-refractivity contribution in [2.45, 2.75) is 37.2 Å². The van der Waals surface area contributed by atoms with Crippen LogP contribution in [0.4, 0.5) is 4.79 Å². The number of rotatable bonds is 1. The number of carbonyl (C=O) groups is 1. The average Bonchev–Trinajstić information content (AvgIpc) is 2.47. The third-order valence-electron chi connectivity index (χ3n) is 3.12. The van der Waals surface area contributed by atoms with Crippen LogP contribution in [0.25, 0.3) is 0 Å². The molecule has 0 aromatic heterocycles. The molecule has 4 atom stereocenters. The van der Waals surface area contributed by atoms with Crippen molar-refractivity contribution in [2.24, 2.45) is 0 Å². The van der Waals surface area contributed by atoms with E-state index in [1.807, 2.05) is 0 Å². The highest BCUT2D eigenvalue weighted by Crippen LogP contribution is 2.32. The number of hydrogen-bond donors (Lipinski definition) is 1. The molecular weight excluding hydrogens is 186 g/mol. The van der Waals surface area contributed by atoms with Gasteiger partial charge in [0, 0.05) is 14.2 Å². The molecule has 14 heavy (non-hydrogen) atoms. The second kappa shape index (κ2) is 3.40. The highest BCUT2D eigenvalue weighted by atomic mass is 16.6. The van der Waals surface area contributed by atoms with Crippen LogP contribution < -0.4 is 0 Å². The van der Waals surface area contributed by atoms with Crippen LogP contribution >= 0.6 is 0 Å². The average molecular weight is 201 g/mol. The molecule has 2 rings (SSSR count). The normalized spacial score (nSPS) is 42.2. The molecule has 1 aliphatic carbocycles. The minimum Gasteiger partial charge on any atom is -0.441 e. The Hall–Kier alpha value is -0.810. The van der Waals surface area contributed by atoms with Gasteiger partial charge < -0.3 is 19.5 Å². The summed E-state index contributed by atoms with van der Waals surface area (Å²) in [6.45, 7) is 0. The third-order valence-corrected chi connectivity index (χ3v) is 3.12. The first-order valence-corrected chi connectivity index (χ1v) is 4.79. The minimum atomic E-state index is -0.555. The Kier molecular flexibility index (Phi) is 2.36. The number of hydrogen-bond acceptors (Lipinski definition) is 4. The van der Waals surface area contributed by atoms with Crippen molar-refractivity contribution < 1.29 is 19.4 Å². The zero-order chi connectivity index (χ0) is 10.3. The highest BCUT2D eigenvalue weighted by Gasteiger charge is 2.50. The predicted octanol–water partition coefficient (Wildman–Crippen LogP) is -0.0247. The van der Waals surface area contributed by atoms with Crippen molar-refractivity contribution in [1.29, 1.82) is 0 Å². The highest BCUT2D eigenvalue weighted by molar-refractivity contribution is 5.70. The van der Waals surface area contributed by atoms with Gasteiger partial charge in [-0.05, 0) is 12.8 Å². The summed E-state index contributed by atoms with van der Waals surface area (Å²) in [4.78, 5) is 12.8. The number of aliphatic hydroxyl groups is 1. The zero-order valence-electron chi connectivity index (χ0n) is 8.34. The van der Waals surface area contributed by atoms with Gasteiger partial charge in [-0.2, -0.15) is 0 Å². The predicted molar refractivity (Wildman–Crippen MR) is 47.9 cm³/mol. The summed E-state index contributed by atoms with van der Waals surface area (Å²) in [6, 6.07) is -0.142. The summed E-state index contributed by atoms with van der Waals surface area (Å²) in [5.74, 6) is 0. The molecule has 1 saturated carbocycles. The maximum absolute atomic E-state index is 11.3. The summed E-state index contributed by atoms with van der Waals surface area (Å²) in [5.41, 5.74) is 0. The van der Waals surface area contributed by atoms with E-state index in [1.165, 1.54) is 4.90 Å². The number of amides is 1. The minimum absolute atomic E-state index is 0.0279. The lowest BCUT2D eigenvalue weighted by Crippen LogP contribution is -2.52. The van der Waals surface area contributed by atoms with Crippen LogP contribution in [0, 0.1) is 0 Å². The molecule has 1 aliphatic heterocycles. The molecule has 0 aromatic carbocycles. The standard InChI is InChI=1S/C9H15NO4/c1-10-7-6(13-2)4-3-5(11)8(7)14-9(10)12/h5-8,11H,3-4H2,1-2H3/t5-,6+,7+,8-/m0/s1. The Morgan fingerprint density at radius 2 is 2.29 bits per heavy atom. The van der Waals surface area contributed by atoms with E-state index >= 15 is 0 Å². The van der Waals surface area contributed by atoms with Crippen molar-refractivity contribution >= 4 is 6.09 Å². The Labute approximate surface area is 82.6 Å². The number of methoxy groups -OCH3 is 1. The molecule has 5 nitrogen and oxygen atoms in total. The molecule has 0 aromatic rings. The smallest absolute Gasteiger partial charge is 0.410 e. The van der Waals surface area contributed by atoms with E-state index < -0.39 is 12.2 Å². The van der Waals surface area contributed by atoms with Gasteiger partial charge in [0.05, 0.1) is 12.2 Å². The third kappa shape index (κ3) is 1.27. The topological polar surface area (TPSA) is 59.0 Å². The van der Waals surface area contributed by atoms with Crippen LogP contribution in [0.3, 0.4) is 0 Å². The van der Waals surface area contributed by atoms with Gasteiger partial charge in [0.15, 0.2) is 6.10 Å². The monoisotopic (exact) mass is 201 g/mol. The molecule has 2 aliphatic rings. The van der Waals surface area contributed by atoms with Gasteiger partial charge >= 0.3 is 6.09 Å². The number of nitrogens with zero attached hydrogens (tertiary/aromatic N) is 1. The van der Waals surface area contributed by atoms with E-state index in [2.05, 4.69) is 0 Å². The second-order valence-electron chi connectivity index (χ2n) is 3.87. The maximum Gasteiger partial charge on any atom is 0.410 e. The van der Waals surface area contributed by atoms with Gasteiger partial charge in [0.2, 0.25) is 0 Å². The van der Waals surface area contributed by atoms with E-state index in [0.717, 1.165) is 6.42 Å². The van der Waals surface area contributed by atoms with Crippen LogP contribution in [0.5, 0.6) is 0 Å². The van der Waals surface area contributed by atoms with Crippen LogP contribution in [0.1, 0.15) is 12.8 Å². The van der Waals surface area contributed by atoms with Gasteiger partial charge in [-0.15, -0.1) is 0 Å². The lowest BCUT2D eigenvalue weighted by Gasteiger charge is -2.35. The molecule has 1 heterocycles. The molecule has 0 unspecified atom stereocenters. The molecule has 1 saturated heterocycles. The van der Waals surface area contributed by atoms with E-state index in [1.54, 1.807) is 14.2 Å². The Morgan fingerprint density at radius 3 is 2.93 bits per heavy atom. The van der Waals surface area contributed by atoms with E-state index in [-0.39, 0.29) is 18.2 Å². The van der Waals surface area contributed by atoms with Crippen molar-refractivity contribution in [3.8, 4) is 0 Å². The summed E-state index contributed by atoms with van der Waals surface area (Å²) in [5, 5.41) is 9.67. The Bertz CT molecular complexity index is 245.